The van der Waals surface area contributed by atoms with Gasteiger partial charge in [0, 0.05) is 26.2 Å². The summed E-state index contributed by atoms with van der Waals surface area (Å²) in [6.45, 7) is 9.01. The minimum Gasteiger partial charge on any atom is -0.495 e. The van der Waals surface area contributed by atoms with Crippen LogP contribution < -0.4 is 14.4 Å². The van der Waals surface area contributed by atoms with Crippen molar-refractivity contribution in [1.29, 1.82) is 0 Å². The lowest BCUT2D eigenvalue weighted by Gasteiger charge is -2.35. The molecule has 0 saturated carbocycles. The molecule has 2 aromatic rings. The van der Waals surface area contributed by atoms with Crippen molar-refractivity contribution < 1.29 is 13.2 Å². The van der Waals surface area contributed by atoms with Crippen LogP contribution in [0.2, 0.25) is 0 Å². The predicted octanol–water partition coefficient (Wildman–Crippen LogP) is 2.34. The van der Waals surface area contributed by atoms with Gasteiger partial charge in [-0.3, -0.25) is 4.72 Å². The van der Waals surface area contributed by atoms with E-state index in [-0.39, 0.29) is 10.7 Å². The SMILES string of the molecule is CCN1CCN(c2ccc(NS(=O)(=O)c3cc(C)ccc3OC)nc2)CC1. The average Bonchev–Trinajstić information content (AvgIpc) is 2.68. The van der Waals surface area contributed by atoms with E-state index < -0.39 is 10.0 Å². The van der Waals surface area contributed by atoms with Crippen molar-refractivity contribution in [2.45, 2.75) is 18.7 Å². The zero-order valence-corrected chi connectivity index (χ0v) is 16.8. The first-order valence-electron chi connectivity index (χ1n) is 9.04. The highest BCUT2D eigenvalue weighted by Crippen LogP contribution is 2.27. The van der Waals surface area contributed by atoms with Crippen LogP contribution in [0.3, 0.4) is 0 Å². The van der Waals surface area contributed by atoms with E-state index in [0.29, 0.717) is 5.75 Å². The van der Waals surface area contributed by atoms with Gasteiger partial charge in [0.2, 0.25) is 0 Å². The molecule has 3 rings (SSSR count). The standard InChI is InChI=1S/C19H26N4O3S/c1-4-22-9-11-23(12-10-22)16-6-8-19(20-14-16)21-27(24,25)18-13-15(2)5-7-17(18)26-3/h5-8,13-14H,4,9-12H2,1-3H3,(H,20,21). The first-order valence-corrected chi connectivity index (χ1v) is 10.5. The van der Waals surface area contributed by atoms with Gasteiger partial charge in [-0.05, 0) is 43.3 Å². The summed E-state index contributed by atoms with van der Waals surface area (Å²) in [6.07, 6.45) is 1.72. The molecule has 0 radical (unpaired) electrons. The summed E-state index contributed by atoms with van der Waals surface area (Å²) in [4.78, 5) is 9.07. The lowest BCUT2D eigenvalue weighted by atomic mass is 10.2. The molecule has 2 heterocycles. The van der Waals surface area contributed by atoms with Crippen molar-refractivity contribution in [2.24, 2.45) is 0 Å². The Morgan fingerprint density at radius 2 is 1.89 bits per heavy atom. The minimum atomic E-state index is -3.78. The van der Waals surface area contributed by atoms with Crippen LogP contribution in [0.5, 0.6) is 5.75 Å². The Balaban J connectivity index is 1.74. The first kappa shape index (κ1) is 19.4. The number of hydrogen-bond acceptors (Lipinski definition) is 6. The molecule has 1 aromatic heterocycles. The second kappa shape index (κ2) is 8.14. The highest BCUT2D eigenvalue weighted by atomic mass is 32.2. The van der Waals surface area contributed by atoms with Crippen molar-refractivity contribution in [3.8, 4) is 5.75 Å². The molecule has 0 amide bonds. The monoisotopic (exact) mass is 390 g/mol. The van der Waals surface area contributed by atoms with E-state index in [1.165, 1.54) is 7.11 Å². The van der Waals surface area contributed by atoms with Gasteiger partial charge in [-0.1, -0.05) is 13.0 Å². The third-order valence-corrected chi connectivity index (χ3v) is 6.16. The molecule has 0 aliphatic carbocycles. The molecule has 27 heavy (non-hydrogen) atoms. The van der Waals surface area contributed by atoms with Gasteiger partial charge in [0.05, 0.1) is 19.0 Å². The Morgan fingerprint density at radius 3 is 2.48 bits per heavy atom. The summed E-state index contributed by atoms with van der Waals surface area (Å²) in [6, 6.07) is 8.64. The van der Waals surface area contributed by atoms with Crippen molar-refractivity contribution in [2.75, 3.05) is 49.5 Å². The number of hydrogen-bond donors (Lipinski definition) is 1. The lowest BCUT2D eigenvalue weighted by Crippen LogP contribution is -2.46. The lowest BCUT2D eigenvalue weighted by molar-refractivity contribution is 0.271. The Kier molecular flexibility index (Phi) is 5.86. The molecule has 8 heteroatoms. The smallest absolute Gasteiger partial charge is 0.266 e. The Morgan fingerprint density at radius 1 is 1.15 bits per heavy atom. The van der Waals surface area contributed by atoms with Gasteiger partial charge in [0.25, 0.3) is 10.0 Å². The largest absolute Gasteiger partial charge is 0.495 e. The highest BCUT2D eigenvalue weighted by Gasteiger charge is 2.21. The Hall–Kier alpha value is -2.32. The highest BCUT2D eigenvalue weighted by molar-refractivity contribution is 7.92. The molecule has 0 unspecified atom stereocenters. The van der Waals surface area contributed by atoms with Gasteiger partial charge in [-0.2, -0.15) is 0 Å². The number of methoxy groups -OCH3 is 1. The van der Waals surface area contributed by atoms with Crippen molar-refractivity contribution in [3.05, 3.63) is 42.1 Å². The van der Waals surface area contributed by atoms with Crippen LogP contribution in [0.15, 0.2) is 41.4 Å². The maximum atomic E-state index is 12.7. The maximum Gasteiger partial charge on any atom is 0.266 e. The quantitative estimate of drug-likeness (QED) is 0.816. The van der Waals surface area contributed by atoms with E-state index in [9.17, 15) is 8.42 Å². The summed E-state index contributed by atoms with van der Waals surface area (Å²) in [5.74, 6) is 0.591. The van der Waals surface area contributed by atoms with Gasteiger partial charge in [0.15, 0.2) is 0 Å². The summed E-state index contributed by atoms with van der Waals surface area (Å²) in [7, 11) is -2.33. The van der Waals surface area contributed by atoms with Gasteiger partial charge in [-0.25, -0.2) is 13.4 Å². The molecule has 7 nitrogen and oxygen atoms in total. The van der Waals surface area contributed by atoms with Crippen LogP contribution in [-0.4, -0.2) is 58.1 Å². The van der Waals surface area contributed by atoms with Gasteiger partial charge in [0.1, 0.15) is 16.5 Å². The van der Waals surface area contributed by atoms with Crippen LogP contribution in [0.1, 0.15) is 12.5 Å². The second-order valence-corrected chi connectivity index (χ2v) is 8.23. The number of nitrogens with zero attached hydrogens (tertiary/aromatic N) is 3. The minimum absolute atomic E-state index is 0.103. The Labute approximate surface area is 161 Å². The topological polar surface area (TPSA) is 74.8 Å². The average molecular weight is 391 g/mol. The summed E-state index contributed by atoms with van der Waals surface area (Å²) in [5, 5.41) is 0. The van der Waals surface area contributed by atoms with E-state index in [4.69, 9.17) is 4.74 Å². The molecule has 1 N–H and O–H groups in total. The van der Waals surface area contributed by atoms with E-state index in [0.717, 1.165) is 44.0 Å². The molecular weight excluding hydrogens is 364 g/mol. The van der Waals surface area contributed by atoms with Crippen LogP contribution in [0.4, 0.5) is 11.5 Å². The Bertz CT molecular complexity index is 876. The summed E-state index contributed by atoms with van der Waals surface area (Å²) in [5.41, 5.74) is 1.84. The maximum absolute atomic E-state index is 12.7. The van der Waals surface area contributed by atoms with Crippen LogP contribution in [0.25, 0.3) is 0 Å². The zero-order chi connectivity index (χ0) is 19.4. The van der Waals surface area contributed by atoms with E-state index in [2.05, 4.69) is 26.4 Å². The van der Waals surface area contributed by atoms with Gasteiger partial charge < -0.3 is 14.5 Å². The number of ether oxygens (including phenoxy) is 1. The normalized spacial score (nSPS) is 15.6. The van der Waals surface area contributed by atoms with Gasteiger partial charge in [-0.15, -0.1) is 0 Å². The fourth-order valence-electron chi connectivity index (χ4n) is 3.14. The summed E-state index contributed by atoms with van der Waals surface area (Å²) >= 11 is 0. The third-order valence-electron chi connectivity index (χ3n) is 4.78. The molecule has 1 aliphatic rings. The van der Waals surface area contributed by atoms with Crippen molar-refractivity contribution >= 4 is 21.5 Å². The fraction of sp³-hybridized carbons (Fsp3) is 0.421. The molecule has 0 bridgehead atoms. The molecule has 1 saturated heterocycles. The molecule has 0 atom stereocenters. The number of likely N-dealkylation sites (N-methyl/N-ethyl adjacent to an activating group) is 1. The van der Waals surface area contributed by atoms with Crippen molar-refractivity contribution in [1.82, 2.24) is 9.88 Å². The van der Waals surface area contributed by atoms with E-state index in [1.54, 1.807) is 24.4 Å². The van der Waals surface area contributed by atoms with Gasteiger partial charge >= 0.3 is 0 Å². The number of aryl methyl sites for hydroxylation is 1. The number of piperazine rings is 1. The number of pyridine rings is 1. The number of nitrogens with one attached hydrogen (secondary N) is 1. The zero-order valence-electron chi connectivity index (χ0n) is 16.0. The molecule has 0 spiro atoms. The first-order chi connectivity index (χ1) is 12.9. The van der Waals surface area contributed by atoms with Crippen LogP contribution >= 0.6 is 0 Å². The number of rotatable bonds is 6. The van der Waals surface area contributed by atoms with E-state index in [1.807, 2.05) is 19.1 Å². The summed E-state index contributed by atoms with van der Waals surface area (Å²) < 4.78 is 33.2. The number of aromatic nitrogens is 1. The molecular formula is C19H26N4O3S. The molecule has 146 valence electrons. The number of benzene rings is 1. The predicted molar refractivity (Wildman–Crippen MR) is 107 cm³/mol. The number of sulfonamides is 1. The van der Waals surface area contributed by atoms with E-state index >= 15 is 0 Å². The number of anilines is 2. The fourth-order valence-corrected chi connectivity index (χ4v) is 4.41. The second-order valence-electron chi connectivity index (χ2n) is 6.58. The molecule has 1 aromatic carbocycles. The molecule has 1 aliphatic heterocycles. The molecule has 1 fully saturated rings. The van der Waals surface area contributed by atoms with Crippen LogP contribution in [0, 0.1) is 6.92 Å². The van der Waals surface area contributed by atoms with Crippen LogP contribution in [-0.2, 0) is 10.0 Å². The van der Waals surface area contributed by atoms with Crippen molar-refractivity contribution in [3.63, 3.8) is 0 Å². The third kappa shape index (κ3) is 4.51.